The minimum Gasteiger partial charge on any atom is -0.507 e. The first-order valence-electron chi connectivity index (χ1n) is 9.09. The van der Waals surface area contributed by atoms with Crippen molar-refractivity contribution in [3.63, 3.8) is 0 Å². The van der Waals surface area contributed by atoms with Crippen molar-refractivity contribution in [2.24, 2.45) is 5.92 Å². The van der Waals surface area contributed by atoms with Gasteiger partial charge in [0.1, 0.15) is 12.4 Å². The van der Waals surface area contributed by atoms with Gasteiger partial charge in [0.25, 0.3) is 0 Å². The van der Waals surface area contributed by atoms with Gasteiger partial charge in [-0.3, -0.25) is 4.79 Å². The number of phenols is 1. The van der Waals surface area contributed by atoms with Crippen molar-refractivity contribution in [1.82, 2.24) is 4.90 Å². The third-order valence-corrected chi connectivity index (χ3v) is 4.84. The van der Waals surface area contributed by atoms with Crippen molar-refractivity contribution in [2.45, 2.75) is 32.0 Å². The Hall–Kier alpha value is -3.03. The van der Waals surface area contributed by atoms with E-state index in [4.69, 9.17) is 4.74 Å². The number of carbonyl (C=O) groups excluding carboxylic acids is 2. The molecule has 2 atom stereocenters. The van der Waals surface area contributed by atoms with Crippen molar-refractivity contribution in [2.75, 3.05) is 6.61 Å². The van der Waals surface area contributed by atoms with Crippen LogP contribution in [-0.2, 0) is 28.5 Å². The molecule has 2 aromatic carbocycles. The Labute approximate surface area is 165 Å². The summed E-state index contributed by atoms with van der Waals surface area (Å²) < 4.78 is 44.0. The van der Waals surface area contributed by atoms with Crippen LogP contribution in [0.4, 0.5) is 18.0 Å². The van der Waals surface area contributed by atoms with Gasteiger partial charge in [-0.05, 0) is 36.1 Å². The molecule has 5 nitrogen and oxygen atoms in total. The van der Waals surface area contributed by atoms with Crippen LogP contribution in [-0.4, -0.2) is 34.7 Å². The van der Waals surface area contributed by atoms with Crippen molar-refractivity contribution >= 4 is 12.0 Å². The number of aromatic hydroxyl groups is 1. The van der Waals surface area contributed by atoms with Gasteiger partial charge in [-0.25, -0.2) is 9.69 Å². The molecule has 1 saturated heterocycles. The van der Waals surface area contributed by atoms with E-state index in [-0.39, 0.29) is 18.6 Å². The Bertz CT molecular complexity index is 899. The summed E-state index contributed by atoms with van der Waals surface area (Å²) in [6, 6.07) is 12.0. The van der Waals surface area contributed by atoms with Crippen LogP contribution in [0.3, 0.4) is 0 Å². The minimum atomic E-state index is -4.70. The smallest absolute Gasteiger partial charge is 0.419 e. The number of hydrogen-bond acceptors (Lipinski definition) is 4. The third-order valence-electron chi connectivity index (χ3n) is 4.84. The fourth-order valence-electron chi connectivity index (χ4n) is 3.38. The molecular formula is C21H20F3NO4. The number of carbonyl (C=O) groups is 2. The largest absolute Gasteiger partial charge is 0.507 e. The van der Waals surface area contributed by atoms with Gasteiger partial charge < -0.3 is 9.84 Å². The van der Waals surface area contributed by atoms with Crippen molar-refractivity contribution in [3.05, 3.63) is 65.2 Å². The zero-order chi connectivity index (χ0) is 21.2. The fraction of sp³-hybridized carbons (Fsp3) is 0.333. The molecule has 1 fully saturated rings. The zero-order valence-electron chi connectivity index (χ0n) is 15.6. The Morgan fingerprint density at radius 2 is 1.90 bits per heavy atom. The number of benzene rings is 2. The van der Waals surface area contributed by atoms with Crippen molar-refractivity contribution < 1.29 is 32.6 Å². The van der Waals surface area contributed by atoms with Gasteiger partial charge in [-0.15, -0.1) is 0 Å². The second-order valence-electron chi connectivity index (χ2n) is 7.08. The molecule has 0 radical (unpaired) electrons. The summed E-state index contributed by atoms with van der Waals surface area (Å²) >= 11 is 0. The van der Waals surface area contributed by atoms with Crippen LogP contribution < -0.4 is 0 Å². The molecule has 1 aliphatic rings. The number of hydrogen-bond donors (Lipinski definition) is 1. The number of imide groups is 1. The number of alkyl halides is 3. The standard InChI is InChI=1S/C21H20F3NO4/c1-13(9-15-7-8-18(26)17(11-15)21(22,23)24)19(27)25-16(12-29-20(25)28)10-14-5-3-2-4-6-14/h2-8,11,13,16,26H,9-10,12H2,1H3/t13-,16-/m1/s1. The highest BCUT2D eigenvalue weighted by Gasteiger charge is 2.40. The molecule has 1 aliphatic heterocycles. The van der Waals surface area contributed by atoms with Gasteiger partial charge >= 0.3 is 12.3 Å². The number of phenolic OH excluding ortho intramolecular Hbond substituents is 1. The fourth-order valence-corrected chi connectivity index (χ4v) is 3.38. The summed E-state index contributed by atoms with van der Waals surface area (Å²) in [5.41, 5.74) is 0.0231. The lowest BCUT2D eigenvalue weighted by atomic mass is 9.96. The maximum Gasteiger partial charge on any atom is 0.419 e. The molecule has 1 heterocycles. The van der Waals surface area contributed by atoms with Crippen LogP contribution >= 0.6 is 0 Å². The average molecular weight is 407 g/mol. The molecule has 8 heteroatoms. The highest BCUT2D eigenvalue weighted by Crippen LogP contribution is 2.36. The quantitative estimate of drug-likeness (QED) is 0.808. The Morgan fingerprint density at radius 3 is 2.55 bits per heavy atom. The summed E-state index contributed by atoms with van der Waals surface area (Å²) in [4.78, 5) is 26.0. The SMILES string of the molecule is C[C@H](Cc1ccc(O)c(C(F)(F)F)c1)C(=O)N1C(=O)OC[C@H]1Cc1ccccc1. The van der Waals surface area contributed by atoms with E-state index in [1.165, 1.54) is 6.07 Å². The first-order chi connectivity index (χ1) is 13.7. The number of rotatable bonds is 5. The van der Waals surface area contributed by atoms with E-state index in [9.17, 15) is 27.9 Å². The molecule has 29 heavy (non-hydrogen) atoms. The number of halogens is 3. The van der Waals surface area contributed by atoms with Crippen LogP contribution in [0.5, 0.6) is 5.75 Å². The predicted octanol–water partition coefficient (Wildman–Crippen LogP) is 4.18. The molecule has 0 aliphatic carbocycles. The molecule has 0 aromatic heterocycles. The van der Waals surface area contributed by atoms with E-state index in [1.807, 2.05) is 30.3 Å². The van der Waals surface area contributed by atoms with E-state index >= 15 is 0 Å². The molecular weight excluding hydrogens is 387 g/mol. The van der Waals surface area contributed by atoms with E-state index in [0.717, 1.165) is 22.6 Å². The van der Waals surface area contributed by atoms with Gasteiger partial charge in [0.2, 0.25) is 5.91 Å². The third kappa shape index (κ3) is 4.70. The van der Waals surface area contributed by atoms with Crippen molar-refractivity contribution in [1.29, 1.82) is 0 Å². The lowest BCUT2D eigenvalue weighted by molar-refractivity contribution is -0.138. The molecule has 3 rings (SSSR count). The predicted molar refractivity (Wildman–Crippen MR) is 98.1 cm³/mol. The first-order valence-corrected chi connectivity index (χ1v) is 9.09. The molecule has 2 amide bonds. The molecule has 1 N–H and O–H groups in total. The zero-order valence-corrected chi connectivity index (χ0v) is 15.6. The van der Waals surface area contributed by atoms with E-state index in [1.54, 1.807) is 6.92 Å². The number of cyclic esters (lactones) is 1. The molecule has 0 bridgehead atoms. The van der Waals surface area contributed by atoms with Crippen molar-refractivity contribution in [3.8, 4) is 5.75 Å². The molecule has 0 saturated carbocycles. The van der Waals surface area contributed by atoms with E-state index in [0.29, 0.717) is 6.42 Å². The molecule has 0 unspecified atom stereocenters. The van der Waals surface area contributed by atoms with Crippen LogP contribution in [0.2, 0.25) is 0 Å². The lowest BCUT2D eigenvalue weighted by Gasteiger charge is -2.23. The van der Waals surface area contributed by atoms with Gasteiger partial charge in [0.15, 0.2) is 0 Å². The van der Waals surface area contributed by atoms with Gasteiger partial charge in [0, 0.05) is 5.92 Å². The molecule has 2 aromatic rings. The summed E-state index contributed by atoms with van der Waals surface area (Å²) in [6.07, 6.45) is -5.02. The van der Waals surface area contributed by atoms with Gasteiger partial charge in [-0.1, -0.05) is 43.3 Å². The first kappa shape index (κ1) is 20.7. The monoisotopic (exact) mass is 407 g/mol. The topological polar surface area (TPSA) is 66.8 Å². The maximum absolute atomic E-state index is 13.0. The Morgan fingerprint density at radius 1 is 1.21 bits per heavy atom. The molecule has 154 valence electrons. The van der Waals surface area contributed by atoms with Gasteiger partial charge in [-0.2, -0.15) is 13.2 Å². The van der Waals surface area contributed by atoms with E-state index in [2.05, 4.69) is 0 Å². The summed E-state index contributed by atoms with van der Waals surface area (Å²) in [7, 11) is 0. The lowest BCUT2D eigenvalue weighted by Crippen LogP contribution is -2.43. The number of ether oxygens (including phenoxy) is 1. The second kappa shape index (κ2) is 8.14. The minimum absolute atomic E-state index is 0.00989. The highest BCUT2D eigenvalue weighted by molar-refractivity contribution is 5.94. The summed E-state index contributed by atoms with van der Waals surface area (Å²) in [5.74, 6) is -2.12. The van der Waals surface area contributed by atoms with Crippen LogP contribution in [0, 0.1) is 5.92 Å². The van der Waals surface area contributed by atoms with E-state index < -0.39 is 41.4 Å². The Kier molecular flexibility index (Phi) is 5.81. The van der Waals surface area contributed by atoms with Crippen LogP contribution in [0.25, 0.3) is 0 Å². The summed E-state index contributed by atoms with van der Waals surface area (Å²) in [5, 5.41) is 9.44. The average Bonchev–Trinajstić information content (AvgIpc) is 3.02. The van der Waals surface area contributed by atoms with Gasteiger partial charge in [0.05, 0.1) is 11.6 Å². The second-order valence-corrected chi connectivity index (χ2v) is 7.08. The molecule has 0 spiro atoms. The Balaban J connectivity index is 1.74. The summed E-state index contributed by atoms with van der Waals surface area (Å²) in [6.45, 7) is 1.62. The number of amides is 2. The number of nitrogens with zero attached hydrogens (tertiary/aromatic N) is 1. The van der Waals surface area contributed by atoms with Crippen LogP contribution in [0.15, 0.2) is 48.5 Å². The van der Waals surface area contributed by atoms with Crippen LogP contribution in [0.1, 0.15) is 23.6 Å². The highest BCUT2D eigenvalue weighted by atomic mass is 19.4. The maximum atomic E-state index is 13.0. The normalized spacial score (nSPS) is 17.9.